The number of nitrogens with zero attached hydrogens (tertiary/aromatic N) is 5. The normalized spacial score (nSPS) is 15.2. The van der Waals surface area contributed by atoms with Gasteiger partial charge in [-0.05, 0) is 42.9 Å². The van der Waals surface area contributed by atoms with Crippen LogP contribution in [0.4, 0.5) is 5.13 Å². The van der Waals surface area contributed by atoms with Crippen molar-refractivity contribution in [1.29, 1.82) is 0 Å². The van der Waals surface area contributed by atoms with E-state index in [1.54, 1.807) is 27.3 Å². The number of piperidine rings is 1. The zero-order valence-electron chi connectivity index (χ0n) is 14.5. The van der Waals surface area contributed by atoms with Crippen LogP contribution in [0, 0.1) is 4.77 Å². The third kappa shape index (κ3) is 3.51. The molecule has 4 rings (SSSR count). The summed E-state index contributed by atoms with van der Waals surface area (Å²) in [5.74, 6) is 0.824. The molecule has 0 aliphatic carbocycles. The predicted octanol–water partition coefficient (Wildman–Crippen LogP) is 4.56. The monoisotopic (exact) mass is 404 g/mol. The van der Waals surface area contributed by atoms with E-state index in [0.717, 1.165) is 45.9 Å². The molecule has 0 saturated carbocycles. The lowest BCUT2D eigenvalue weighted by molar-refractivity contribution is 0.577. The number of rotatable bonds is 5. The lowest BCUT2D eigenvalue weighted by atomic mass is 10.1. The number of hydrogen-bond donors (Lipinski definition) is 1. The smallest absolute Gasteiger partial charge is 0.216 e. The summed E-state index contributed by atoms with van der Waals surface area (Å²) in [5.41, 5.74) is 1.00. The number of H-pyrrole nitrogens is 1. The number of thiazole rings is 1. The van der Waals surface area contributed by atoms with Crippen molar-refractivity contribution in [2.24, 2.45) is 5.10 Å². The minimum absolute atomic E-state index is 0.511. The highest BCUT2D eigenvalue weighted by atomic mass is 32.1. The number of anilines is 1. The Balaban J connectivity index is 1.71. The van der Waals surface area contributed by atoms with Crippen molar-refractivity contribution in [3.05, 3.63) is 33.0 Å². The van der Waals surface area contributed by atoms with E-state index in [9.17, 15) is 0 Å². The topological polar surface area (TPSA) is 62.1 Å². The molecule has 9 heteroatoms. The molecule has 3 aromatic heterocycles. The number of nitrogens with one attached hydrogen (secondary N) is 1. The van der Waals surface area contributed by atoms with E-state index < -0.39 is 0 Å². The van der Waals surface area contributed by atoms with E-state index in [1.165, 1.54) is 19.3 Å². The average Bonchev–Trinajstić information content (AvgIpc) is 3.40. The van der Waals surface area contributed by atoms with Crippen LogP contribution in [0.15, 0.2) is 22.6 Å². The Morgan fingerprint density at radius 3 is 2.92 bits per heavy atom. The summed E-state index contributed by atoms with van der Waals surface area (Å²) in [6.45, 7) is 4.21. The third-order valence-corrected chi connectivity index (χ3v) is 6.54. The standard InChI is InChI=1S/C17H20N6S3/c1-2-14-20-21-16(24)23(14)18-11-13-15(12-7-6-10-25-12)19-17(26-13)22-8-4-3-5-9-22/h6-7,10-11H,2-5,8-9H2,1H3,(H,21,24)/b18-11-. The Labute approximate surface area is 165 Å². The average molecular weight is 405 g/mol. The maximum Gasteiger partial charge on any atom is 0.216 e. The Kier molecular flexibility index (Phi) is 5.28. The molecule has 1 aliphatic rings. The van der Waals surface area contributed by atoms with Gasteiger partial charge in [0, 0.05) is 19.5 Å². The van der Waals surface area contributed by atoms with Crippen LogP contribution in [0.25, 0.3) is 10.6 Å². The maximum atomic E-state index is 5.29. The van der Waals surface area contributed by atoms with Crippen LogP contribution in [0.3, 0.4) is 0 Å². The second-order valence-corrected chi connectivity index (χ2v) is 8.43. The van der Waals surface area contributed by atoms with Crippen molar-refractivity contribution >= 4 is 46.2 Å². The van der Waals surface area contributed by atoms with Gasteiger partial charge in [0.25, 0.3) is 0 Å². The van der Waals surface area contributed by atoms with Crippen LogP contribution < -0.4 is 4.90 Å². The summed E-state index contributed by atoms with van der Waals surface area (Å²) in [7, 11) is 0. The van der Waals surface area contributed by atoms with Gasteiger partial charge in [-0.2, -0.15) is 14.9 Å². The Morgan fingerprint density at radius 2 is 2.19 bits per heavy atom. The molecule has 26 heavy (non-hydrogen) atoms. The van der Waals surface area contributed by atoms with Gasteiger partial charge < -0.3 is 4.90 Å². The molecular weight excluding hydrogens is 384 g/mol. The number of thiophene rings is 1. The van der Waals surface area contributed by atoms with E-state index in [1.807, 2.05) is 13.1 Å². The second kappa shape index (κ2) is 7.81. The summed E-state index contributed by atoms with van der Waals surface area (Å²) in [6, 6.07) is 4.17. The number of aromatic nitrogens is 4. The van der Waals surface area contributed by atoms with E-state index in [2.05, 4.69) is 37.7 Å². The van der Waals surface area contributed by atoms with E-state index in [-0.39, 0.29) is 0 Å². The molecule has 0 atom stereocenters. The summed E-state index contributed by atoms with van der Waals surface area (Å²) < 4.78 is 2.20. The molecule has 6 nitrogen and oxygen atoms in total. The first-order valence-corrected chi connectivity index (χ1v) is 10.9. The lowest BCUT2D eigenvalue weighted by Gasteiger charge is -2.25. The first-order chi connectivity index (χ1) is 12.8. The fourth-order valence-corrected chi connectivity index (χ4v) is 4.99. The van der Waals surface area contributed by atoms with Crippen LogP contribution in [0.1, 0.15) is 36.9 Å². The second-order valence-electron chi connectivity index (χ2n) is 6.09. The molecule has 4 heterocycles. The SMILES string of the molecule is CCc1n[nH]c(=S)n1/N=C\c1sc(N2CCCCC2)nc1-c1cccs1. The van der Waals surface area contributed by atoms with Crippen LogP contribution in [0.2, 0.25) is 0 Å². The summed E-state index contributed by atoms with van der Waals surface area (Å²) in [6.07, 6.45) is 6.42. The van der Waals surface area contributed by atoms with Crippen molar-refractivity contribution < 1.29 is 0 Å². The fourth-order valence-electron chi connectivity index (χ4n) is 3.00. The van der Waals surface area contributed by atoms with E-state index >= 15 is 0 Å². The molecule has 136 valence electrons. The van der Waals surface area contributed by atoms with E-state index in [4.69, 9.17) is 17.2 Å². The van der Waals surface area contributed by atoms with Crippen molar-refractivity contribution in [2.45, 2.75) is 32.6 Å². The molecule has 3 aromatic rings. The van der Waals surface area contributed by atoms with Crippen LogP contribution >= 0.6 is 34.9 Å². The van der Waals surface area contributed by atoms with Crippen molar-refractivity contribution in [3.8, 4) is 10.6 Å². The molecule has 1 saturated heterocycles. The van der Waals surface area contributed by atoms with Crippen molar-refractivity contribution in [1.82, 2.24) is 19.9 Å². The predicted molar refractivity (Wildman–Crippen MR) is 111 cm³/mol. The summed E-state index contributed by atoms with van der Waals surface area (Å²) in [5, 5.41) is 14.8. The maximum absolute atomic E-state index is 5.29. The highest BCUT2D eigenvalue weighted by Crippen LogP contribution is 2.35. The largest absolute Gasteiger partial charge is 0.348 e. The van der Waals surface area contributed by atoms with Gasteiger partial charge in [0.15, 0.2) is 11.0 Å². The minimum atomic E-state index is 0.511. The molecule has 0 aromatic carbocycles. The zero-order valence-corrected chi connectivity index (χ0v) is 17.0. The number of aryl methyl sites for hydroxylation is 1. The van der Waals surface area contributed by atoms with Crippen LogP contribution in [-0.4, -0.2) is 39.2 Å². The Hall–Kier alpha value is -1.84. The quantitative estimate of drug-likeness (QED) is 0.500. The Morgan fingerprint density at radius 1 is 1.35 bits per heavy atom. The first-order valence-electron chi connectivity index (χ1n) is 8.76. The van der Waals surface area contributed by atoms with Gasteiger partial charge in [-0.15, -0.1) is 11.3 Å². The number of hydrogen-bond acceptors (Lipinski definition) is 7. The van der Waals surface area contributed by atoms with Gasteiger partial charge in [-0.3, -0.25) is 5.10 Å². The van der Waals surface area contributed by atoms with Gasteiger partial charge in [0.05, 0.1) is 16.0 Å². The minimum Gasteiger partial charge on any atom is -0.348 e. The molecule has 0 radical (unpaired) electrons. The van der Waals surface area contributed by atoms with Crippen molar-refractivity contribution in [3.63, 3.8) is 0 Å². The number of aromatic amines is 1. The third-order valence-electron chi connectivity index (χ3n) is 4.35. The van der Waals surface area contributed by atoms with Gasteiger partial charge in [-0.25, -0.2) is 4.98 Å². The Bertz CT molecular complexity index is 944. The highest BCUT2D eigenvalue weighted by Gasteiger charge is 2.19. The highest BCUT2D eigenvalue weighted by molar-refractivity contribution is 7.71. The van der Waals surface area contributed by atoms with Gasteiger partial charge in [0.1, 0.15) is 5.69 Å². The van der Waals surface area contributed by atoms with Gasteiger partial charge in [0.2, 0.25) is 4.77 Å². The molecule has 0 unspecified atom stereocenters. The van der Waals surface area contributed by atoms with Gasteiger partial charge in [-0.1, -0.05) is 24.3 Å². The van der Waals surface area contributed by atoms with Crippen molar-refractivity contribution in [2.75, 3.05) is 18.0 Å². The first kappa shape index (κ1) is 17.6. The summed E-state index contributed by atoms with van der Waals surface area (Å²) >= 11 is 8.69. The van der Waals surface area contributed by atoms with Crippen LogP contribution in [-0.2, 0) is 6.42 Å². The molecular formula is C17H20N6S3. The summed E-state index contributed by atoms with van der Waals surface area (Å²) in [4.78, 5) is 9.56. The molecule has 0 spiro atoms. The fraction of sp³-hybridized carbons (Fsp3) is 0.412. The lowest BCUT2D eigenvalue weighted by Crippen LogP contribution is -2.29. The molecule has 1 fully saturated rings. The van der Waals surface area contributed by atoms with E-state index in [0.29, 0.717) is 4.77 Å². The molecule has 1 N–H and O–H groups in total. The van der Waals surface area contributed by atoms with Gasteiger partial charge >= 0.3 is 0 Å². The molecule has 0 amide bonds. The zero-order chi connectivity index (χ0) is 17.9. The van der Waals surface area contributed by atoms with Crippen LogP contribution in [0.5, 0.6) is 0 Å². The molecule has 0 bridgehead atoms. The molecule has 1 aliphatic heterocycles.